The lowest BCUT2D eigenvalue weighted by Crippen LogP contribution is -2.37. The van der Waals surface area contributed by atoms with Gasteiger partial charge in [0.05, 0.1) is 18.9 Å². The largest absolute Gasteiger partial charge is 0.468 e. The summed E-state index contributed by atoms with van der Waals surface area (Å²) >= 11 is 1.29. The molecule has 1 aliphatic rings. The number of aryl methyl sites for hydroxylation is 1. The maximum absolute atomic E-state index is 12.7. The van der Waals surface area contributed by atoms with Crippen LogP contribution in [0, 0.1) is 6.92 Å². The number of nitrogens with zero attached hydrogens (tertiary/aromatic N) is 5. The fourth-order valence-electron chi connectivity index (χ4n) is 2.49. The molecular weight excluding hydrogens is 354 g/mol. The molecule has 26 heavy (non-hydrogen) atoms. The van der Waals surface area contributed by atoms with Crippen molar-refractivity contribution in [2.24, 2.45) is 0 Å². The second-order valence-electron chi connectivity index (χ2n) is 6.18. The number of ether oxygens (including phenoxy) is 1. The van der Waals surface area contributed by atoms with Gasteiger partial charge < -0.3 is 9.64 Å². The number of carbonyl (C=O) groups is 2. The van der Waals surface area contributed by atoms with Crippen molar-refractivity contribution in [3.63, 3.8) is 0 Å². The van der Waals surface area contributed by atoms with Crippen LogP contribution >= 0.6 is 11.8 Å². The van der Waals surface area contributed by atoms with Crippen LogP contribution in [0.15, 0.2) is 29.4 Å². The van der Waals surface area contributed by atoms with Crippen molar-refractivity contribution in [1.29, 1.82) is 0 Å². The molecule has 2 aromatic rings. The summed E-state index contributed by atoms with van der Waals surface area (Å²) < 4.78 is 6.50. The Labute approximate surface area is 155 Å². The average molecular weight is 375 g/mol. The zero-order valence-electron chi connectivity index (χ0n) is 14.8. The highest BCUT2D eigenvalue weighted by molar-refractivity contribution is 7.99. The minimum atomic E-state index is -0.445. The molecule has 1 aliphatic carbocycles. The summed E-state index contributed by atoms with van der Waals surface area (Å²) in [6.45, 7) is 2.25. The van der Waals surface area contributed by atoms with Gasteiger partial charge in [0.1, 0.15) is 6.54 Å². The van der Waals surface area contributed by atoms with E-state index in [0.29, 0.717) is 17.7 Å². The zero-order chi connectivity index (χ0) is 18.5. The van der Waals surface area contributed by atoms with Gasteiger partial charge in [0.25, 0.3) is 0 Å². The molecule has 1 fully saturated rings. The van der Waals surface area contributed by atoms with Gasteiger partial charge in [0, 0.05) is 6.54 Å². The minimum Gasteiger partial charge on any atom is -0.468 e. The van der Waals surface area contributed by atoms with Crippen LogP contribution in [0.2, 0.25) is 0 Å². The van der Waals surface area contributed by atoms with E-state index >= 15 is 0 Å². The second kappa shape index (κ2) is 8.31. The Kier molecular flexibility index (Phi) is 5.87. The Bertz CT molecular complexity index is 790. The number of hydrogen-bond acceptors (Lipinski definition) is 7. The number of benzene rings is 1. The summed E-state index contributed by atoms with van der Waals surface area (Å²) in [6, 6.07) is 8.14. The Balaban J connectivity index is 1.66. The van der Waals surface area contributed by atoms with Crippen LogP contribution in [0.5, 0.6) is 0 Å². The van der Waals surface area contributed by atoms with E-state index < -0.39 is 5.97 Å². The summed E-state index contributed by atoms with van der Waals surface area (Å²) in [7, 11) is 1.32. The van der Waals surface area contributed by atoms with E-state index in [9.17, 15) is 9.59 Å². The van der Waals surface area contributed by atoms with Crippen molar-refractivity contribution in [2.45, 2.75) is 37.5 Å². The number of tetrazole rings is 1. The summed E-state index contributed by atoms with van der Waals surface area (Å²) in [4.78, 5) is 26.0. The molecule has 8 nitrogen and oxygen atoms in total. The minimum absolute atomic E-state index is 0.0855. The molecule has 0 saturated heterocycles. The fraction of sp³-hybridized carbons (Fsp3) is 0.471. The van der Waals surface area contributed by atoms with Gasteiger partial charge in [0.15, 0.2) is 0 Å². The molecule has 0 atom stereocenters. The van der Waals surface area contributed by atoms with E-state index in [-0.39, 0.29) is 18.2 Å². The standard InChI is InChI=1S/C17H21N5O3S/c1-12-5-3-4-6-13(12)9-21(10-16(24)25-2)15(23)11-26-17-18-19-20-22(17)14-7-8-14/h3-6,14H,7-11H2,1-2H3. The van der Waals surface area contributed by atoms with E-state index in [2.05, 4.69) is 15.5 Å². The molecule has 0 unspecified atom stereocenters. The van der Waals surface area contributed by atoms with Crippen molar-refractivity contribution >= 4 is 23.6 Å². The van der Waals surface area contributed by atoms with Crippen LogP contribution in [0.3, 0.4) is 0 Å². The highest BCUT2D eigenvalue weighted by Gasteiger charge is 2.28. The first kappa shape index (κ1) is 18.4. The molecule has 138 valence electrons. The number of hydrogen-bond donors (Lipinski definition) is 0. The molecule has 1 aromatic heterocycles. The van der Waals surface area contributed by atoms with E-state index in [0.717, 1.165) is 24.0 Å². The number of esters is 1. The predicted molar refractivity (Wildman–Crippen MR) is 95.4 cm³/mol. The van der Waals surface area contributed by atoms with Crippen LogP contribution in [0.25, 0.3) is 0 Å². The van der Waals surface area contributed by atoms with Gasteiger partial charge in [-0.15, -0.1) is 5.10 Å². The van der Waals surface area contributed by atoms with Gasteiger partial charge in [-0.25, -0.2) is 4.68 Å². The lowest BCUT2D eigenvalue weighted by molar-refractivity contribution is -0.146. The molecule has 0 aliphatic heterocycles. The molecule has 3 rings (SSSR count). The van der Waals surface area contributed by atoms with Crippen molar-refractivity contribution in [1.82, 2.24) is 25.1 Å². The normalized spacial score (nSPS) is 13.5. The van der Waals surface area contributed by atoms with Crippen LogP contribution < -0.4 is 0 Å². The van der Waals surface area contributed by atoms with Crippen molar-refractivity contribution in [3.8, 4) is 0 Å². The molecule has 0 N–H and O–H groups in total. The number of carbonyl (C=O) groups excluding carboxylic acids is 2. The first-order valence-electron chi connectivity index (χ1n) is 8.38. The number of aromatic nitrogens is 4. The molecule has 1 heterocycles. The summed E-state index contributed by atoms with van der Waals surface area (Å²) in [5, 5.41) is 12.3. The first-order chi connectivity index (χ1) is 12.6. The number of methoxy groups -OCH3 is 1. The van der Waals surface area contributed by atoms with Gasteiger partial charge >= 0.3 is 5.97 Å². The molecule has 0 spiro atoms. The maximum atomic E-state index is 12.7. The topological polar surface area (TPSA) is 90.2 Å². The van der Waals surface area contributed by atoms with Gasteiger partial charge in [0.2, 0.25) is 11.1 Å². The lowest BCUT2D eigenvalue weighted by Gasteiger charge is -2.22. The summed E-state index contributed by atoms with van der Waals surface area (Å²) in [6.07, 6.45) is 2.13. The SMILES string of the molecule is COC(=O)CN(Cc1ccccc1C)C(=O)CSc1nnnn1C1CC1. The number of rotatable bonds is 8. The van der Waals surface area contributed by atoms with Crippen LogP contribution in [-0.2, 0) is 20.9 Å². The predicted octanol–water partition coefficient (Wildman–Crippen LogP) is 1.61. The molecule has 1 saturated carbocycles. The highest BCUT2D eigenvalue weighted by atomic mass is 32.2. The van der Waals surface area contributed by atoms with Gasteiger partial charge in [-0.05, 0) is 41.3 Å². The monoisotopic (exact) mass is 375 g/mol. The Morgan fingerprint density at radius 2 is 2.12 bits per heavy atom. The first-order valence-corrected chi connectivity index (χ1v) is 9.37. The average Bonchev–Trinajstić information content (AvgIpc) is 3.38. The lowest BCUT2D eigenvalue weighted by atomic mass is 10.1. The smallest absolute Gasteiger partial charge is 0.325 e. The van der Waals surface area contributed by atoms with Crippen molar-refractivity contribution < 1.29 is 14.3 Å². The molecular formula is C17H21N5O3S. The third-order valence-corrected chi connectivity index (χ3v) is 5.12. The third-order valence-electron chi connectivity index (χ3n) is 4.20. The Morgan fingerprint density at radius 3 is 2.81 bits per heavy atom. The number of amides is 1. The summed E-state index contributed by atoms with van der Waals surface area (Å²) in [5.41, 5.74) is 2.07. The van der Waals surface area contributed by atoms with E-state index in [1.807, 2.05) is 31.2 Å². The molecule has 0 bridgehead atoms. The third kappa shape index (κ3) is 4.60. The van der Waals surface area contributed by atoms with Crippen LogP contribution in [0.4, 0.5) is 0 Å². The molecule has 0 radical (unpaired) electrons. The van der Waals surface area contributed by atoms with E-state index in [1.54, 1.807) is 4.68 Å². The molecule has 1 amide bonds. The maximum Gasteiger partial charge on any atom is 0.325 e. The van der Waals surface area contributed by atoms with Crippen LogP contribution in [-0.4, -0.2) is 56.4 Å². The molecule has 9 heteroatoms. The van der Waals surface area contributed by atoms with Crippen molar-refractivity contribution in [3.05, 3.63) is 35.4 Å². The van der Waals surface area contributed by atoms with E-state index in [1.165, 1.54) is 23.8 Å². The Morgan fingerprint density at radius 1 is 1.35 bits per heavy atom. The van der Waals surface area contributed by atoms with Gasteiger partial charge in [-0.1, -0.05) is 36.0 Å². The fourth-order valence-corrected chi connectivity index (χ4v) is 3.34. The van der Waals surface area contributed by atoms with Crippen LogP contribution in [0.1, 0.15) is 30.0 Å². The number of thioether (sulfide) groups is 1. The quantitative estimate of drug-likeness (QED) is 0.511. The highest BCUT2D eigenvalue weighted by Crippen LogP contribution is 2.36. The zero-order valence-corrected chi connectivity index (χ0v) is 15.6. The Hall–Kier alpha value is -2.42. The summed E-state index contributed by atoms with van der Waals surface area (Å²) in [5.74, 6) is -0.440. The second-order valence-corrected chi connectivity index (χ2v) is 7.12. The van der Waals surface area contributed by atoms with Crippen molar-refractivity contribution in [2.75, 3.05) is 19.4 Å². The van der Waals surface area contributed by atoms with Gasteiger partial charge in [-0.3, -0.25) is 9.59 Å². The van der Waals surface area contributed by atoms with Gasteiger partial charge in [-0.2, -0.15) is 0 Å². The molecule has 1 aromatic carbocycles. The van der Waals surface area contributed by atoms with E-state index in [4.69, 9.17) is 4.74 Å².